The first-order valence-corrected chi connectivity index (χ1v) is 8.19. The van der Waals surface area contributed by atoms with E-state index in [1.165, 1.54) is 0 Å². The van der Waals surface area contributed by atoms with Gasteiger partial charge in [0.25, 0.3) is 5.91 Å². The van der Waals surface area contributed by atoms with E-state index in [0.717, 1.165) is 10.8 Å². The van der Waals surface area contributed by atoms with Crippen molar-refractivity contribution in [1.29, 1.82) is 0 Å². The Kier molecular flexibility index (Phi) is 5.00. The highest BCUT2D eigenvalue weighted by atomic mass is 35.5. The molecule has 3 aromatic rings. The molecule has 3 aromatic carbocycles. The van der Waals surface area contributed by atoms with E-state index in [4.69, 9.17) is 11.6 Å². The van der Waals surface area contributed by atoms with Crippen molar-refractivity contribution in [3.63, 3.8) is 0 Å². The topological polar surface area (TPSA) is 66.4 Å². The fourth-order valence-electron chi connectivity index (χ4n) is 2.74. The van der Waals surface area contributed by atoms with Crippen LogP contribution >= 0.6 is 11.6 Å². The van der Waals surface area contributed by atoms with E-state index in [9.17, 15) is 14.7 Å². The molecule has 0 heterocycles. The number of aliphatic carboxylic acids is 1. The van der Waals surface area contributed by atoms with E-state index >= 15 is 0 Å². The lowest BCUT2D eigenvalue weighted by Gasteiger charge is -2.16. The van der Waals surface area contributed by atoms with Gasteiger partial charge in [-0.15, -0.1) is 0 Å². The maximum Gasteiger partial charge on any atom is 0.326 e. The molecule has 0 bridgehead atoms. The zero-order valence-electron chi connectivity index (χ0n) is 13.3. The third-order valence-electron chi connectivity index (χ3n) is 4.02. The minimum atomic E-state index is -1.10. The van der Waals surface area contributed by atoms with E-state index in [1.807, 2.05) is 30.3 Å². The molecule has 5 heteroatoms. The Bertz CT molecular complexity index is 934. The highest BCUT2D eigenvalue weighted by Gasteiger charge is 2.22. The van der Waals surface area contributed by atoms with Crippen LogP contribution in [0.15, 0.2) is 66.7 Å². The monoisotopic (exact) mass is 353 g/mol. The SMILES string of the molecule is O=C(N[C@H](Cc1ccccc1Cl)C(=O)O)c1cccc2ccccc12. The number of carbonyl (C=O) groups excluding carboxylic acids is 1. The number of amides is 1. The summed E-state index contributed by atoms with van der Waals surface area (Å²) in [4.78, 5) is 24.2. The second kappa shape index (κ2) is 7.36. The maximum atomic E-state index is 12.6. The lowest BCUT2D eigenvalue weighted by atomic mass is 10.0. The predicted octanol–water partition coefficient (Wildman–Crippen LogP) is 3.92. The summed E-state index contributed by atoms with van der Waals surface area (Å²) in [5, 5.41) is 14.3. The normalized spacial score (nSPS) is 11.9. The van der Waals surface area contributed by atoms with Crippen molar-refractivity contribution in [3.8, 4) is 0 Å². The number of hydrogen-bond donors (Lipinski definition) is 2. The summed E-state index contributed by atoms with van der Waals surface area (Å²) < 4.78 is 0. The summed E-state index contributed by atoms with van der Waals surface area (Å²) in [7, 11) is 0. The van der Waals surface area contributed by atoms with Crippen molar-refractivity contribution in [2.45, 2.75) is 12.5 Å². The van der Waals surface area contributed by atoms with E-state index < -0.39 is 17.9 Å². The van der Waals surface area contributed by atoms with Gasteiger partial charge in [0.15, 0.2) is 0 Å². The summed E-state index contributed by atoms with van der Waals surface area (Å²) in [5.41, 5.74) is 1.12. The summed E-state index contributed by atoms with van der Waals surface area (Å²) >= 11 is 6.10. The van der Waals surface area contributed by atoms with Crippen molar-refractivity contribution < 1.29 is 14.7 Å². The Morgan fingerprint density at radius 2 is 1.64 bits per heavy atom. The maximum absolute atomic E-state index is 12.6. The fraction of sp³-hybridized carbons (Fsp3) is 0.100. The quantitative estimate of drug-likeness (QED) is 0.730. The average molecular weight is 354 g/mol. The summed E-state index contributed by atoms with van der Waals surface area (Å²) in [6.07, 6.45) is 0.117. The molecule has 3 rings (SSSR count). The molecule has 1 amide bonds. The van der Waals surface area contributed by atoms with Gasteiger partial charge >= 0.3 is 5.97 Å². The third kappa shape index (κ3) is 3.80. The molecule has 0 saturated carbocycles. The first kappa shape index (κ1) is 17.0. The van der Waals surface area contributed by atoms with Crippen LogP contribution in [-0.2, 0) is 11.2 Å². The number of carbonyl (C=O) groups is 2. The highest BCUT2D eigenvalue weighted by Crippen LogP contribution is 2.20. The van der Waals surface area contributed by atoms with Crippen LogP contribution in [0.3, 0.4) is 0 Å². The molecule has 0 fully saturated rings. The summed E-state index contributed by atoms with van der Waals surface area (Å²) in [5.74, 6) is -1.52. The van der Waals surface area contributed by atoms with Gasteiger partial charge in [-0.25, -0.2) is 4.79 Å². The number of benzene rings is 3. The largest absolute Gasteiger partial charge is 0.480 e. The minimum absolute atomic E-state index is 0.117. The van der Waals surface area contributed by atoms with Gasteiger partial charge in [0.1, 0.15) is 6.04 Å². The minimum Gasteiger partial charge on any atom is -0.480 e. The van der Waals surface area contributed by atoms with Crippen LogP contribution in [0.2, 0.25) is 5.02 Å². The van der Waals surface area contributed by atoms with Gasteiger partial charge in [-0.05, 0) is 28.5 Å². The number of carboxylic acid groups (broad SMARTS) is 1. The second-order valence-electron chi connectivity index (χ2n) is 5.69. The molecule has 0 aliphatic heterocycles. The fourth-order valence-corrected chi connectivity index (χ4v) is 2.96. The number of fused-ring (bicyclic) bond motifs is 1. The number of halogens is 1. The first-order valence-electron chi connectivity index (χ1n) is 7.81. The van der Waals surface area contributed by atoms with Crippen LogP contribution in [0.4, 0.5) is 0 Å². The number of hydrogen-bond acceptors (Lipinski definition) is 2. The van der Waals surface area contributed by atoms with E-state index in [1.54, 1.807) is 36.4 Å². The molecule has 0 aliphatic rings. The molecule has 0 saturated heterocycles. The predicted molar refractivity (Wildman–Crippen MR) is 98.0 cm³/mol. The van der Waals surface area contributed by atoms with Crippen LogP contribution in [0, 0.1) is 0 Å². The molecule has 25 heavy (non-hydrogen) atoms. The second-order valence-corrected chi connectivity index (χ2v) is 6.09. The molecular weight excluding hydrogens is 338 g/mol. The number of nitrogens with one attached hydrogen (secondary N) is 1. The van der Waals surface area contributed by atoms with E-state index in [0.29, 0.717) is 16.1 Å². The lowest BCUT2D eigenvalue weighted by molar-refractivity contribution is -0.139. The van der Waals surface area contributed by atoms with Gasteiger partial charge in [0, 0.05) is 17.0 Å². The number of carboxylic acids is 1. The Morgan fingerprint density at radius 1 is 0.960 bits per heavy atom. The molecule has 2 N–H and O–H groups in total. The van der Waals surface area contributed by atoms with Gasteiger partial charge in [0.05, 0.1) is 0 Å². The summed E-state index contributed by atoms with van der Waals surface area (Å²) in [6, 6.07) is 18.8. The van der Waals surface area contributed by atoms with Crippen LogP contribution in [-0.4, -0.2) is 23.0 Å². The Hall–Kier alpha value is -2.85. The van der Waals surface area contributed by atoms with Crippen LogP contribution in [0.25, 0.3) is 10.8 Å². The molecule has 1 atom stereocenters. The third-order valence-corrected chi connectivity index (χ3v) is 4.39. The van der Waals surface area contributed by atoms with Crippen LogP contribution < -0.4 is 5.32 Å². The van der Waals surface area contributed by atoms with Crippen molar-refractivity contribution in [3.05, 3.63) is 82.9 Å². The molecule has 0 unspecified atom stereocenters. The zero-order chi connectivity index (χ0) is 17.8. The molecule has 0 aromatic heterocycles. The Labute approximate surface area is 150 Å². The molecule has 0 spiro atoms. The molecule has 0 aliphatic carbocycles. The Balaban J connectivity index is 1.86. The van der Waals surface area contributed by atoms with Gasteiger partial charge in [-0.3, -0.25) is 4.79 Å². The molecule has 4 nitrogen and oxygen atoms in total. The van der Waals surface area contributed by atoms with Crippen molar-refractivity contribution in [1.82, 2.24) is 5.32 Å². The van der Waals surface area contributed by atoms with Crippen molar-refractivity contribution >= 4 is 34.2 Å². The smallest absolute Gasteiger partial charge is 0.326 e. The molecular formula is C20H16ClNO3. The van der Waals surface area contributed by atoms with Crippen LogP contribution in [0.5, 0.6) is 0 Å². The average Bonchev–Trinajstić information content (AvgIpc) is 2.62. The van der Waals surface area contributed by atoms with Crippen LogP contribution in [0.1, 0.15) is 15.9 Å². The van der Waals surface area contributed by atoms with E-state index in [2.05, 4.69) is 5.32 Å². The highest BCUT2D eigenvalue weighted by molar-refractivity contribution is 6.31. The summed E-state index contributed by atoms with van der Waals surface area (Å²) in [6.45, 7) is 0. The van der Waals surface area contributed by atoms with Gasteiger partial charge in [0.2, 0.25) is 0 Å². The first-order chi connectivity index (χ1) is 12.1. The van der Waals surface area contributed by atoms with Gasteiger partial charge in [-0.2, -0.15) is 0 Å². The molecule has 126 valence electrons. The lowest BCUT2D eigenvalue weighted by Crippen LogP contribution is -2.42. The zero-order valence-corrected chi connectivity index (χ0v) is 14.0. The standard InChI is InChI=1S/C20H16ClNO3/c21-17-11-4-2-7-14(17)12-18(20(24)25)22-19(23)16-10-5-8-13-6-1-3-9-15(13)16/h1-11,18H,12H2,(H,22,23)(H,24,25)/t18-/m1/s1. The van der Waals surface area contributed by atoms with E-state index in [-0.39, 0.29) is 6.42 Å². The molecule has 0 radical (unpaired) electrons. The van der Waals surface area contributed by atoms with Gasteiger partial charge < -0.3 is 10.4 Å². The van der Waals surface area contributed by atoms with Crippen molar-refractivity contribution in [2.24, 2.45) is 0 Å². The Morgan fingerprint density at radius 3 is 2.40 bits per heavy atom. The van der Waals surface area contributed by atoms with Crippen molar-refractivity contribution in [2.75, 3.05) is 0 Å². The van der Waals surface area contributed by atoms with Gasteiger partial charge in [-0.1, -0.05) is 66.2 Å². The number of rotatable bonds is 5.